The van der Waals surface area contributed by atoms with Crippen LogP contribution < -0.4 is 10.5 Å². The van der Waals surface area contributed by atoms with Crippen molar-refractivity contribution in [3.8, 4) is 11.5 Å². The lowest BCUT2D eigenvalue weighted by Crippen LogP contribution is -2.30. The van der Waals surface area contributed by atoms with Gasteiger partial charge in [-0.15, -0.1) is 0 Å². The van der Waals surface area contributed by atoms with E-state index in [-0.39, 0.29) is 22.9 Å². The normalized spacial score (nSPS) is 10.6. The SMILES string of the molecule is N=Cc1ccc(OCCN(CCO)Cc2ccccc2)c2ccccc12.NC(=O)c1ccc(O)c(Cl)c1. The smallest absolute Gasteiger partial charge is 0.248 e. The van der Waals surface area contributed by atoms with E-state index in [0.29, 0.717) is 13.2 Å². The summed E-state index contributed by atoms with van der Waals surface area (Å²) in [7, 11) is 0. The van der Waals surface area contributed by atoms with Crippen molar-refractivity contribution in [1.82, 2.24) is 4.90 Å². The molecule has 4 aromatic rings. The highest BCUT2D eigenvalue weighted by Crippen LogP contribution is 2.28. The van der Waals surface area contributed by atoms with Crippen LogP contribution in [-0.2, 0) is 6.54 Å². The zero-order valence-corrected chi connectivity index (χ0v) is 21.1. The van der Waals surface area contributed by atoms with Gasteiger partial charge in [0.15, 0.2) is 0 Å². The fraction of sp³-hybridized carbons (Fsp3) is 0.172. The Balaban J connectivity index is 0.000000289. The summed E-state index contributed by atoms with van der Waals surface area (Å²) in [6.45, 7) is 2.81. The number of aliphatic hydroxyl groups excluding tert-OH is 1. The van der Waals surface area contributed by atoms with Crippen LogP contribution >= 0.6 is 11.6 Å². The largest absolute Gasteiger partial charge is 0.506 e. The van der Waals surface area contributed by atoms with Crippen LogP contribution in [0.25, 0.3) is 10.8 Å². The number of primary amides is 1. The maximum Gasteiger partial charge on any atom is 0.248 e. The number of benzene rings is 4. The molecule has 0 bridgehead atoms. The van der Waals surface area contributed by atoms with E-state index in [1.54, 1.807) is 0 Å². The van der Waals surface area contributed by atoms with Gasteiger partial charge in [-0.1, -0.05) is 66.2 Å². The van der Waals surface area contributed by atoms with E-state index in [9.17, 15) is 9.90 Å². The highest BCUT2D eigenvalue weighted by atomic mass is 35.5. The third kappa shape index (κ3) is 8.05. The predicted octanol–water partition coefficient (Wildman–Crippen LogP) is 4.86. The number of amides is 1. The van der Waals surface area contributed by atoms with Gasteiger partial charge in [0, 0.05) is 42.4 Å². The Morgan fingerprint density at radius 2 is 1.68 bits per heavy atom. The molecule has 4 rings (SSSR count). The molecular formula is C29H30ClN3O4. The van der Waals surface area contributed by atoms with Crippen LogP contribution in [0.15, 0.2) is 84.9 Å². The van der Waals surface area contributed by atoms with Crippen molar-refractivity contribution in [2.75, 3.05) is 26.3 Å². The van der Waals surface area contributed by atoms with Crippen LogP contribution in [0.1, 0.15) is 21.5 Å². The summed E-state index contributed by atoms with van der Waals surface area (Å²) >= 11 is 5.50. The van der Waals surface area contributed by atoms with Gasteiger partial charge in [0.25, 0.3) is 0 Å². The standard InChI is InChI=1S/C22H24N2O2.C7H6ClNO2/c23-16-19-10-11-22(21-9-5-4-8-20(19)21)26-15-13-24(12-14-25)17-18-6-2-1-3-7-18;8-5-3-4(7(9)11)1-2-6(5)10/h1-11,16,23,25H,12-15,17H2;1-3,10H,(H2,9,11). The Labute approximate surface area is 221 Å². The Morgan fingerprint density at radius 3 is 2.32 bits per heavy atom. The summed E-state index contributed by atoms with van der Waals surface area (Å²) in [6.07, 6.45) is 1.37. The first-order valence-corrected chi connectivity index (χ1v) is 12.1. The van der Waals surface area contributed by atoms with Gasteiger partial charge in [0.05, 0.1) is 11.6 Å². The molecular weight excluding hydrogens is 490 g/mol. The molecule has 1 amide bonds. The maximum atomic E-state index is 10.5. The van der Waals surface area contributed by atoms with E-state index in [4.69, 9.17) is 32.6 Å². The van der Waals surface area contributed by atoms with Crippen LogP contribution in [0.3, 0.4) is 0 Å². The number of carbonyl (C=O) groups is 1. The van der Waals surface area contributed by atoms with Crippen LogP contribution in [0.5, 0.6) is 11.5 Å². The summed E-state index contributed by atoms with van der Waals surface area (Å²) in [5.41, 5.74) is 7.35. The van der Waals surface area contributed by atoms with E-state index in [1.807, 2.05) is 54.6 Å². The average molecular weight is 520 g/mol. The number of rotatable bonds is 10. The Bertz CT molecular complexity index is 1330. The lowest BCUT2D eigenvalue weighted by Gasteiger charge is -2.22. The number of nitrogens with zero attached hydrogens (tertiary/aromatic N) is 1. The molecule has 0 aliphatic carbocycles. The van der Waals surface area contributed by atoms with Gasteiger partial charge in [-0.2, -0.15) is 0 Å². The molecule has 0 radical (unpaired) electrons. The number of ether oxygens (including phenoxy) is 1. The molecule has 0 unspecified atom stereocenters. The van der Waals surface area contributed by atoms with Crippen molar-refractivity contribution in [2.24, 2.45) is 5.73 Å². The minimum atomic E-state index is -0.563. The molecule has 37 heavy (non-hydrogen) atoms. The molecule has 8 heteroatoms. The van der Waals surface area contributed by atoms with Crippen LogP contribution in [0, 0.1) is 5.41 Å². The summed E-state index contributed by atoms with van der Waals surface area (Å²) < 4.78 is 6.03. The molecule has 0 heterocycles. The fourth-order valence-corrected chi connectivity index (χ4v) is 3.92. The van der Waals surface area contributed by atoms with Crippen molar-refractivity contribution in [2.45, 2.75) is 6.54 Å². The monoisotopic (exact) mass is 519 g/mol. The summed E-state index contributed by atoms with van der Waals surface area (Å²) in [4.78, 5) is 12.7. The molecule has 0 aliphatic heterocycles. The number of hydrogen-bond donors (Lipinski definition) is 4. The molecule has 0 saturated heterocycles. The summed E-state index contributed by atoms with van der Waals surface area (Å²) in [5, 5.41) is 28.0. The summed E-state index contributed by atoms with van der Waals surface area (Å²) in [6, 6.07) is 26.1. The second kappa shape index (κ2) is 14.0. The Kier molecular flexibility index (Phi) is 10.5. The molecule has 0 spiro atoms. The van der Waals surface area contributed by atoms with Crippen LogP contribution in [0.2, 0.25) is 5.02 Å². The number of phenolic OH excluding ortho intramolecular Hbond substituents is 1. The minimum Gasteiger partial charge on any atom is -0.506 e. The first kappa shape index (κ1) is 27.7. The van der Waals surface area contributed by atoms with E-state index >= 15 is 0 Å². The van der Waals surface area contributed by atoms with Gasteiger partial charge < -0.3 is 26.1 Å². The van der Waals surface area contributed by atoms with Crippen LogP contribution in [-0.4, -0.2) is 53.5 Å². The molecule has 0 atom stereocenters. The van der Waals surface area contributed by atoms with Gasteiger partial charge in [0.2, 0.25) is 5.91 Å². The highest BCUT2D eigenvalue weighted by Gasteiger charge is 2.09. The van der Waals surface area contributed by atoms with Crippen LogP contribution in [0.4, 0.5) is 0 Å². The first-order valence-electron chi connectivity index (χ1n) is 11.7. The predicted molar refractivity (Wildman–Crippen MR) is 148 cm³/mol. The van der Waals surface area contributed by atoms with Crippen molar-refractivity contribution < 1.29 is 19.7 Å². The van der Waals surface area contributed by atoms with Gasteiger partial charge >= 0.3 is 0 Å². The molecule has 0 fully saturated rings. The zero-order chi connectivity index (χ0) is 26.6. The van der Waals surface area contributed by atoms with Crippen molar-refractivity contribution in [3.05, 3.63) is 107 Å². The number of hydrogen-bond acceptors (Lipinski definition) is 6. The molecule has 7 nitrogen and oxygen atoms in total. The topological polar surface area (TPSA) is 120 Å². The second-order valence-electron chi connectivity index (χ2n) is 8.21. The Morgan fingerprint density at radius 1 is 0.973 bits per heavy atom. The first-order chi connectivity index (χ1) is 17.9. The van der Waals surface area contributed by atoms with E-state index in [2.05, 4.69) is 17.0 Å². The van der Waals surface area contributed by atoms with Crippen molar-refractivity contribution in [1.29, 1.82) is 5.41 Å². The quantitative estimate of drug-likeness (QED) is 0.223. The molecule has 0 aromatic heterocycles. The molecule has 5 N–H and O–H groups in total. The van der Waals surface area contributed by atoms with E-state index < -0.39 is 5.91 Å². The van der Waals surface area contributed by atoms with Crippen molar-refractivity contribution in [3.63, 3.8) is 0 Å². The number of aromatic hydroxyl groups is 1. The minimum absolute atomic E-state index is 0.0586. The summed E-state index contributed by atoms with van der Waals surface area (Å²) in [5.74, 6) is 0.207. The van der Waals surface area contributed by atoms with E-state index in [1.165, 1.54) is 30.0 Å². The number of halogens is 1. The molecule has 192 valence electrons. The number of phenols is 1. The van der Waals surface area contributed by atoms with Gasteiger partial charge in [-0.25, -0.2) is 0 Å². The fourth-order valence-electron chi connectivity index (χ4n) is 3.74. The zero-order valence-electron chi connectivity index (χ0n) is 20.3. The lowest BCUT2D eigenvalue weighted by atomic mass is 10.0. The van der Waals surface area contributed by atoms with Gasteiger partial charge in [-0.05, 0) is 41.3 Å². The lowest BCUT2D eigenvalue weighted by molar-refractivity contribution is 0.1000. The number of carbonyl (C=O) groups excluding carboxylic acids is 1. The highest BCUT2D eigenvalue weighted by molar-refractivity contribution is 6.32. The number of nitrogens with one attached hydrogen (secondary N) is 1. The Hall–Kier alpha value is -3.91. The number of aliphatic hydroxyl groups is 1. The van der Waals surface area contributed by atoms with Gasteiger partial charge in [-0.3, -0.25) is 9.69 Å². The molecule has 0 aliphatic rings. The molecule has 4 aromatic carbocycles. The number of fused-ring (bicyclic) bond motifs is 1. The van der Waals surface area contributed by atoms with E-state index in [0.717, 1.165) is 35.2 Å². The van der Waals surface area contributed by atoms with Gasteiger partial charge in [0.1, 0.15) is 18.1 Å². The molecule has 0 saturated carbocycles. The average Bonchev–Trinajstić information content (AvgIpc) is 2.91. The van der Waals surface area contributed by atoms with Crippen molar-refractivity contribution >= 4 is 34.5 Å². The third-order valence-corrected chi connectivity index (χ3v) is 5.94. The maximum absolute atomic E-state index is 10.5. The second-order valence-corrected chi connectivity index (χ2v) is 8.61. The third-order valence-electron chi connectivity index (χ3n) is 5.64. The number of nitrogens with two attached hydrogens (primary N) is 1.